The molecule has 8 nitrogen and oxygen atoms in total. The summed E-state index contributed by atoms with van der Waals surface area (Å²) in [5.74, 6) is 1.41. The minimum Gasteiger partial charge on any atom is -0.459 e. The lowest BCUT2D eigenvalue weighted by atomic mass is 10.2. The Morgan fingerprint density at radius 1 is 1.41 bits per heavy atom. The Kier molecular flexibility index (Phi) is 4.27. The Labute approximate surface area is 127 Å². The first-order valence-electron chi connectivity index (χ1n) is 6.99. The maximum absolute atomic E-state index is 11.6. The standard InChI is InChI=1S/C13H17N3O5S/c17-5-4-16(10-3-7-22(18,19)9-10)8-12-14-15-13(21-12)11-2-1-6-20-11/h1-2,6,10,17H,3-5,7-9H2/t10-/m0/s1. The van der Waals surface area contributed by atoms with E-state index in [9.17, 15) is 13.5 Å². The highest BCUT2D eigenvalue weighted by Gasteiger charge is 2.32. The van der Waals surface area contributed by atoms with Crippen LogP contribution in [0.15, 0.2) is 27.2 Å². The van der Waals surface area contributed by atoms with Crippen LogP contribution in [0, 0.1) is 0 Å². The molecule has 1 N–H and O–H groups in total. The molecule has 0 saturated carbocycles. The number of rotatable bonds is 6. The van der Waals surface area contributed by atoms with Crippen molar-refractivity contribution in [2.24, 2.45) is 0 Å². The number of aliphatic hydroxyl groups is 1. The molecule has 1 saturated heterocycles. The summed E-state index contributed by atoms with van der Waals surface area (Å²) in [5, 5.41) is 17.0. The molecule has 120 valence electrons. The van der Waals surface area contributed by atoms with Crippen LogP contribution in [0.1, 0.15) is 12.3 Å². The minimum absolute atomic E-state index is 0.0598. The topological polar surface area (TPSA) is 110 Å². The number of aromatic nitrogens is 2. The monoisotopic (exact) mass is 327 g/mol. The SMILES string of the molecule is O=S1(=O)CC[C@H](N(CCO)Cc2nnc(-c3ccco3)o2)C1. The third kappa shape index (κ3) is 3.37. The summed E-state index contributed by atoms with van der Waals surface area (Å²) in [5.41, 5.74) is 0. The number of hydrogen-bond donors (Lipinski definition) is 1. The Morgan fingerprint density at radius 3 is 2.91 bits per heavy atom. The molecular weight excluding hydrogens is 310 g/mol. The second-order valence-electron chi connectivity index (χ2n) is 5.23. The lowest BCUT2D eigenvalue weighted by Gasteiger charge is -2.25. The summed E-state index contributed by atoms with van der Waals surface area (Å²) < 4.78 is 33.9. The molecule has 0 radical (unpaired) electrons. The van der Waals surface area contributed by atoms with Crippen LogP contribution in [-0.4, -0.2) is 59.3 Å². The fourth-order valence-electron chi connectivity index (χ4n) is 2.57. The number of hydrogen-bond acceptors (Lipinski definition) is 8. The summed E-state index contributed by atoms with van der Waals surface area (Å²) in [4.78, 5) is 1.87. The van der Waals surface area contributed by atoms with Gasteiger partial charge in [0.25, 0.3) is 5.89 Å². The molecule has 1 atom stereocenters. The molecule has 0 bridgehead atoms. The van der Waals surface area contributed by atoms with Crippen molar-refractivity contribution in [3.8, 4) is 11.7 Å². The van der Waals surface area contributed by atoms with E-state index < -0.39 is 9.84 Å². The van der Waals surface area contributed by atoms with Crippen LogP contribution in [0.4, 0.5) is 0 Å². The third-order valence-corrected chi connectivity index (χ3v) is 5.40. The van der Waals surface area contributed by atoms with E-state index in [-0.39, 0.29) is 30.0 Å². The number of aliphatic hydroxyl groups excluding tert-OH is 1. The summed E-state index contributed by atoms with van der Waals surface area (Å²) in [7, 11) is -2.99. The van der Waals surface area contributed by atoms with Crippen molar-refractivity contribution in [3.05, 3.63) is 24.3 Å². The number of furan rings is 1. The quantitative estimate of drug-likeness (QED) is 0.807. The van der Waals surface area contributed by atoms with Crippen LogP contribution in [0.2, 0.25) is 0 Å². The van der Waals surface area contributed by atoms with Crippen LogP contribution < -0.4 is 0 Å². The summed E-state index contributed by atoms with van der Waals surface area (Å²) in [6, 6.07) is 3.31. The zero-order valence-electron chi connectivity index (χ0n) is 11.9. The van der Waals surface area contributed by atoms with Gasteiger partial charge in [-0.25, -0.2) is 8.42 Å². The fourth-order valence-corrected chi connectivity index (χ4v) is 4.34. The molecule has 1 aliphatic heterocycles. The maximum atomic E-state index is 11.6. The molecule has 3 rings (SSSR count). The van der Waals surface area contributed by atoms with Gasteiger partial charge in [0.05, 0.1) is 30.9 Å². The second kappa shape index (κ2) is 6.19. The van der Waals surface area contributed by atoms with Gasteiger partial charge in [-0.05, 0) is 18.6 Å². The number of nitrogens with zero attached hydrogens (tertiary/aromatic N) is 3. The highest BCUT2D eigenvalue weighted by Crippen LogP contribution is 2.22. The van der Waals surface area contributed by atoms with E-state index in [1.54, 1.807) is 12.1 Å². The van der Waals surface area contributed by atoms with Crippen LogP contribution in [0.25, 0.3) is 11.7 Å². The van der Waals surface area contributed by atoms with E-state index >= 15 is 0 Å². The van der Waals surface area contributed by atoms with Crippen LogP contribution >= 0.6 is 0 Å². The lowest BCUT2D eigenvalue weighted by Crippen LogP contribution is -2.37. The molecule has 1 fully saturated rings. The van der Waals surface area contributed by atoms with Crippen molar-refractivity contribution >= 4 is 9.84 Å². The van der Waals surface area contributed by atoms with Gasteiger partial charge in [0.15, 0.2) is 15.6 Å². The lowest BCUT2D eigenvalue weighted by molar-refractivity contribution is 0.142. The summed E-state index contributed by atoms with van der Waals surface area (Å²) >= 11 is 0. The third-order valence-electron chi connectivity index (χ3n) is 3.65. The molecule has 0 amide bonds. The first-order valence-corrected chi connectivity index (χ1v) is 8.81. The van der Waals surface area contributed by atoms with Crippen LogP contribution in [-0.2, 0) is 16.4 Å². The van der Waals surface area contributed by atoms with Gasteiger partial charge >= 0.3 is 0 Å². The molecule has 0 aromatic carbocycles. The molecule has 2 aromatic rings. The van der Waals surface area contributed by atoms with Crippen LogP contribution in [0.5, 0.6) is 0 Å². The highest BCUT2D eigenvalue weighted by molar-refractivity contribution is 7.91. The maximum Gasteiger partial charge on any atom is 0.283 e. The zero-order valence-corrected chi connectivity index (χ0v) is 12.7. The fraction of sp³-hybridized carbons (Fsp3) is 0.538. The van der Waals surface area contributed by atoms with E-state index in [0.717, 1.165) is 0 Å². The normalized spacial score (nSPS) is 20.7. The highest BCUT2D eigenvalue weighted by atomic mass is 32.2. The predicted octanol–water partition coefficient (Wildman–Crippen LogP) is 0.311. The van der Waals surface area contributed by atoms with Crippen molar-refractivity contribution in [2.45, 2.75) is 19.0 Å². The average molecular weight is 327 g/mol. The van der Waals surface area contributed by atoms with Gasteiger partial charge in [-0.1, -0.05) is 0 Å². The zero-order chi connectivity index (χ0) is 15.6. The molecule has 0 unspecified atom stereocenters. The molecule has 0 aliphatic carbocycles. The molecular formula is C13H17N3O5S. The molecule has 3 heterocycles. The Balaban J connectivity index is 1.71. The smallest absolute Gasteiger partial charge is 0.283 e. The molecule has 0 spiro atoms. The van der Waals surface area contributed by atoms with Crippen molar-refractivity contribution in [1.82, 2.24) is 15.1 Å². The number of sulfone groups is 1. The summed E-state index contributed by atoms with van der Waals surface area (Å²) in [6.07, 6.45) is 2.07. The van der Waals surface area contributed by atoms with Gasteiger partial charge in [0.1, 0.15) is 0 Å². The van der Waals surface area contributed by atoms with Crippen molar-refractivity contribution in [2.75, 3.05) is 24.7 Å². The van der Waals surface area contributed by atoms with Gasteiger partial charge in [-0.3, -0.25) is 4.90 Å². The Morgan fingerprint density at radius 2 is 2.27 bits per heavy atom. The van der Waals surface area contributed by atoms with Crippen molar-refractivity contribution in [1.29, 1.82) is 0 Å². The second-order valence-corrected chi connectivity index (χ2v) is 7.46. The van der Waals surface area contributed by atoms with Crippen LogP contribution in [0.3, 0.4) is 0 Å². The molecule has 22 heavy (non-hydrogen) atoms. The Bertz CT molecular complexity index is 710. The van der Waals surface area contributed by atoms with Crippen molar-refractivity contribution < 1.29 is 22.4 Å². The van der Waals surface area contributed by atoms with Gasteiger partial charge < -0.3 is 13.9 Å². The summed E-state index contributed by atoms with van der Waals surface area (Å²) in [6.45, 7) is 0.600. The van der Waals surface area contributed by atoms with Crippen molar-refractivity contribution in [3.63, 3.8) is 0 Å². The van der Waals surface area contributed by atoms with Gasteiger partial charge in [0, 0.05) is 12.6 Å². The van der Waals surface area contributed by atoms with Gasteiger partial charge in [-0.2, -0.15) is 0 Å². The molecule has 1 aliphatic rings. The van der Waals surface area contributed by atoms with E-state index in [0.29, 0.717) is 31.2 Å². The van der Waals surface area contributed by atoms with E-state index in [1.807, 2.05) is 4.90 Å². The predicted molar refractivity (Wildman–Crippen MR) is 76.6 cm³/mol. The van der Waals surface area contributed by atoms with Gasteiger partial charge in [0.2, 0.25) is 5.89 Å². The average Bonchev–Trinajstić information content (AvgIpc) is 3.17. The van der Waals surface area contributed by atoms with E-state index in [1.165, 1.54) is 6.26 Å². The largest absolute Gasteiger partial charge is 0.459 e. The molecule has 9 heteroatoms. The molecule has 2 aromatic heterocycles. The van der Waals surface area contributed by atoms with E-state index in [4.69, 9.17) is 8.83 Å². The minimum atomic E-state index is -2.99. The van der Waals surface area contributed by atoms with Gasteiger partial charge in [-0.15, -0.1) is 10.2 Å². The van der Waals surface area contributed by atoms with E-state index in [2.05, 4.69) is 10.2 Å². The first-order chi connectivity index (χ1) is 10.6. The Hall–Kier alpha value is -1.71. The first kappa shape index (κ1) is 15.2.